The summed E-state index contributed by atoms with van der Waals surface area (Å²) in [7, 11) is 0. The zero-order chi connectivity index (χ0) is 20.6. The minimum Gasteiger partial charge on any atom is -0.457 e. The number of rotatable bonds is 8. The highest BCUT2D eigenvalue weighted by Crippen LogP contribution is 2.22. The summed E-state index contributed by atoms with van der Waals surface area (Å²) in [5, 5.41) is 6.35. The van der Waals surface area contributed by atoms with Crippen molar-refractivity contribution in [1.29, 1.82) is 0 Å². The molecule has 0 saturated carbocycles. The van der Waals surface area contributed by atoms with Crippen LogP contribution in [-0.2, 0) is 4.74 Å². The Hall–Kier alpha value is -2.69. The molecule has 2 aromatic carbocycles. The lowest BCUT2D eigenvalue weighted by Gasteiger charge is -2.25. The van der Waals surface area contributed by atoms with E-state index in [4.69, 9.17) is 9.47 Å². The first-order valence-corrected chi connectivity index (χ1v) is 9.77. The molecule has 28 heavy (non-hydrogen) atoms. The third-order valence-corrected chi connectivity index (χ3v) is 3.86. The van der Waals surface area contributed by atoms with Crippen molar-refractivity contribution in [1.82, 2.24) is 5.32 Å². The minimum absolute atomic E-state index is 0.0184. The van der Waals surface area contributed by atoms with Gasteiger partial charge in [0.25, 0.3) is 0 Å². The smallest absolute Gasteiger partial charge is 0.407 e. The predicted molar refractivity (Wildman–Crippen MR) is 114 cm³/mol. The number of hydrogen-bond acceptors (Lipinski definition) is 4. The predicted octanol–water partition coefficient (Wildman–Crippen LogP) is 5.83. The highest BCUT2D eigenvalue weighted by molar-refractivity contribution is 5.68. The highest BCUT2D eigenvalue weighted by atomic mass is 16.6. The molecule has 0 radical (unpaired) electrons. The van der Waals surface area contributed by atoms with Gasteiger partial charge in [0.15, 0.2) is 0 Å². The van der Waals surface area contributed by atoms with Gasteiger partial charge >= 0.3 is 6.09 Å². The van der Waals surface area contributed by atoms with Gasteiger partial charge in [-0.1, -0.05) is 32.0 Å². The van der Waals surface area contributed by atoms with E-state index < -0.39 is 5.60 Å². The normalized spacial score (nSPS) is 12.4. The molecule has 0 aliphatic carbocycles. The maximum absolute atomic E-state index is 12.1. The summed E-state index contributed by atoms with van der Waals surface area (Å²) in [6.45, 7) is 10.5. The van der Waals surface area contributed by atoms with Gasteiger partial charge in [0.1, 0.15) is 17.1 Å². The number of ether oxygens (including phenoxy) is 2. The Morgan fingerprint density at radius 2 is 1.57 bits per heavy atom. The maximum Gasteiger partial charge on any atom is 0.407 e. The van der Waals surface area contributed by atoms with E-state index in [1.165, 1.54) is 0 Å². The minimum atomic E-state index is -0.505. The number of alkyl carbamates (subject to hydrolysis) is 1. The van der Waals surface area contributed by atoms with E-state index in [-0.39, 0.29) is 12.1 Å². The molecule has 0 saturated heterocycles. The van der Waals surface area contributed by atoms with Crippen molar-refractivity contribution < 1.29 is 14.3 Å². The molecule has 0 heterocycles. The second kappa shape index (κ2) is 10.0. The molecule has 0 fully saturated rings. The van der Waals surface area contributed by atoms with E-state index in [1.807, 2.05) is 75.4 Å². The number of carbonyl (C=O) groups excluding carboxylic acids is 1. The summed E-state index contributed by atoms with van der Waals surface area (Å²) in [4.78, 5) is 12.1. The molecule has 0 spiro atoms. The topological polar surface area (TPSA) is 59.6 Å². The van der Waals surface area contributed by atoms with Gasteiger partial charge in [-0.05, 0) is 69.5 Å². The quantitative estimate of drug-likeness (QED) is 0.601. The Bertz CT molecular complexity index is 722. The summed E-state index contributed by atoms with van der Waals surface area (Å²) in [6, 6.07) is 17.5. The molecule has 1 unspecified atom stereocenters. The highest BCUT2D eigenvalue weighted by Gasteiger charge is 2.20. The molecular formula is C23H32N2O3. The fourth-order valence-corrected chi connectivity index (χ4v) is 2.74. The molecule has 0 bridgehead atoms. The van der Waals surface area contributed by atoms with Gasteiger partial charge in [-0.2, -0.15) is 0 Å². The van der Waals surface area contributed by atoms with Gasteiger partial charge in [0.2, 0.25) is 0 Å². The van der Waals surface area contributed by atoms with E-state index >= 15 is 0 Å². The zero-order valence-electron chi connectivity index (χ0n) is 17.5. The maximum atomic E-state index is 12.1. The van der Waals surface area contributed by atoms with Gasteiger partial charge in [-0.25, -0.2) is 4.79 Å². The van der Waals surface area contributed by atoms with E-state index in [1.54, 1.807) is 0 Å². The first kappa shape index (κ1) is 21.6. The molecule has 152 valence electrons. The van der Waals surface area contributed by atoms with Gasteiger partial charge in [0.05, 0.1) is 0 Å². The van der Waals surface area contributed by atoms with E-state index in [2.05, 4.69) is 24.5 Å². The van der Waals surface area contributed by atoms with Crippen LogP contribution in [0.1, 0.15) is 41.0 Å². The van der Waals surface area contributed by atoms with Crippen LogP contribution in [0.2, 0.25) is 0 Å². The number of hydrogen-bond donors (Lipinski definition) is 2. The Balaban J connectivity index is 1.89. The Labute approximate surface area is 168 Å². The van der Waals surface area contributed by atoms with Crippen molar-refractivity contribution in [3.05, 3.63) is 54.6 Å². The molecule has 0 aliphatic rings. The summed E-state index contributed by atoms with van der Waals surface area (Å²) in [5.74, 6) is 2.05. The van der Waals surface area contributed by atoms with Crippen LogP contribution in [0.15, 0.2) is 54.6 Å². The number of nitrogens with one attached hydrogen (secondary N) is 2. The van der Waals surface area contributed by atoms with Crippen molar-refractivity contribution in [2.75, 3.05) is 11.9 Å². The van der Waals surface area contributed by atoms with Crippen molar-refractivity contribution in [3.63, 3.8) is 0 Å². The first-order valence-electron chi connectivity index (χ1n) is 9.77. The standard InChI is InChI=1S/C23H32N2O3/c1-17(2)15-19(25-22(26)28-23(3,4)5)16-24-18-11-13-21(14-12-18)27-20-9-7-6-8-10-20/h6-14,17,19,24H,15-16H2,1-5H3,(H,25,26). The summed E-state index contributed by atoms with van der Waals surface area (Å²) >= 11 is 0. The number of amides is 1. The van der Waals surface area contributed by atoms with Crippen LogP contribution in [0.25, 0.3) is 0 Å². The lowest BCUT2D eigenvalue weighted by atomic mass is 10.0. The zero-order valence-corrected chi connectivity index (χ0v) is 17.5. The number of para-hydroxylation sites is 1. The second-order valence-electron chi connectivity index (χ2n) is 8.29. The van der Waals surface area contributed by atoms with Crippen LogP contribution in [0, 0.1) is 5.92 Å². The second-order valence-corrected chi connectivity index (χ2v) is 8.29. The van der Waals surface area contributed by atoms with Crippen molar-refractivity contribution >= 4 is 11.8 Å². The fraction of sp³-hybridized carbons (Fsp3) is 0.435. The van der Waals surface area contributed by atoms with Gasteiger partial charge in [-0.15, -0.1) is 0 Å². The molecular weight excluding hydrogens is 352 g/mol. The van der Waals surface area contributed by atoms with E-state index in [0.717, 1.165) is 23.6 Å². The molecule has 2 N–H and O–H groups in total. The Morgan fingerprint density at radius 1 is 0.964 bits per heavy atom. The summed E-state index contributed by atoms with van der Waals surface area (Å²) in [6.07, 6.45) is 0.480. The molecule has 5 nitrogen and oxygen atoms in total. The molecule has 2 rings (SSSR count). The monoisotopic (exact) mass is 384 g/mol. The van der Waals surface area contributed by atoms with Gasteiger partial charge < -0.3 is 20.1 Å². The van der Waals surface area contributed by atoms with Crippen molar-refractivity contribution in [2.24, 2.45) is 5.92 Å². The molecule has 0 aliphatic heterocycles. The van der Waals surface area contributed by atoms with E-state index in [0.29, 0.717) is 12.5 Å². The lowest BCUT2D eigenvalue weighted by Crippen LogP contribution is -2.43. The Morgan fingerprint density at radius 3 is 2.14 bits per heavy atom. The van der Waals surface area contributed by atoms with Crippen LogP contribution < -0.4 is 15.4 Å². The molecule has 0 aromatic heterocycles. The summed E-state index contributed by atoms with van der Waals surface area (Å²) in [5.41, 5.74) is 0.467. The SMILES string of the molecule is CC(C)CC(CNc1ccc(Oc2ccccc2)cc1)NC(=O)OC(C)(C)C. The molecule has 1 amide bonds. The fourth-order valence-electron chi connectivity index (χ4n) is 2.74. The van der Waals surface area contributed by atoms with Crippen LogP contribution in [0.4, 0.5) is 10.5 Å². The van der Waals surface area contributed by atoms with Gasteiger partial charge in [0, 0.05) is 18.3 Å². The third-order valence-electron chi connectivity index (χ3n) is 3.86. The first-order chi connectivity index (χ1) is 13.2. The van der Waals surface area contributed by atoms with Crippen LogP contribution >= 0.6 is 0 Å². The molecule has 2 aromatic rings. The molecule has 5 heteroatoms. The Kier molecular flexibility index (Phi) is 7.73. The molecule has 1 atom stereocenters. The average Bonchev–Trinajstić information content (AvgIpc) is 2.59. The lowest BCUT2D eigenvalue weighted by molar-refractivity contribution is 0.0502. The number of benzene rings is 2. The summed E-state index contributed by atoms with van der Waals surface area (Å²) < 4.78 is 11.2. The van der Waals surface area contributed by atoms with Crippen LogP contribution in [-0.4, -0.2) is 24.3 Å². The van der Waals surface area contributed by atoms with Crippen LogP contribution in [0.5, 0.6) is 11.5 Å². The van der Waals surface area contributed by atoms with E-state index in [9.17, 15) is 4.79 Å². The number of carbonyl (C=O) groups is 1. The van der Waals surface area contributed by atoms with Gasteiger partial charge in [-0.3, -0.25) is 0 Å². The largest absolute Gasteiger partial charge is 0.457 e. The number of anilines is 1. The average molecular weight is 385 g/mol. The van der Waals surface area contributed by atoms with Crippen molar-refractivity contribution in [3.8, 4) is 11.5 Å². The third kappa shape index (κ3) is 8.33. The van der Waals surface area contributed by atoms with Crippen molar-refractivity contribution in [2.45, 2.75) is 52.7 Å². The van der Waals surface area contributed by atoms with Crippen LogP contribution in [0.3, 0.4) is 0 Å².